The van der Waals surface area contributed by atoms with Gasteiger partial charge in [-0.1, -0.05) is 0 Å². The highest BCUT2D eigenvalue weighted by molar-refractivity contribution is 7.71. The van der Waals surface area contributed by atoms with E-state index in [-0.39, 0.29) is 5.69 Å². The van der Waals surface area contributed by atoms with Crippen molar-refractivity contribution in [3.8, 4) is 5.69 Å². The minimum absolute atomic E-state index is 0.0688. The number of hydrogen-bond donors (Lipinski definition) is 1. The highest BCUT2D eigenvalue weighted by atomic mass is 32.1. The zero-order chi connectivity index (χ0) is 13.7. The number of imidazole rings is 1. The van der Waals surface area contributed by atoms with Crippen molar-refractivity contribution >= 4 is 23.4 Å². The summed E-state index contributed by atoms with van der Waals surface area (Å²) < 4.78 is 30.6. The summed E-state index contributed by atoms with van der Waals surface area (Å²) >= 11 is 5.19. The van der Waals surface area contributed by atoms with Crippen molar-refractivity contribution in [1.82, 2.24) is 19.3 Å². The average molecular weight is 280 g/mol. The van der Waals surface area contributed by atoms with E-state index in [1.54, 1.807) is 11.7 Å². The molecule has 3 rings (SSSR count). The summed E-state index contributed by atoms with van der Waals surface area (Å²) in [6.07, 6.45) is 0. The van der Waals surface area contributed by atoms with E-state index in [0.29, 0.717) is 10.4 Å². The second kappa shape index (κ2) is 3.99. The number of H-pyrrole nitrogens is 1. The van der Waals surface area contributed by atoms with E-state index < -0.39 is 11.6 Å². The zero-order valence-corrected chi connectivity index (χ0v) is 11.1. The standard InChI is InChI=1S/C12H10F2N4S/c1-6-10-11(17(2)16-6)18(12(19)15-10)9-5-7(13)3-4-8(9)14/h3-5H,1-2H3,(H,15,19). The molecule has 0 fully saturated rings. The molecule has 0 aliphatic heterocycles. The van der Waals surface area contributed by atoms with Gasteiger partial charge in [0.2, 0.25) is 0 Å². The summed E-state index contributed by atoms with van der Waals surface area (Å²) in [5.41, 5.74) is 2.14. The molecule has 19 heavy (non-hydrogen) atoms. The topological polar surface area (TPSA) is 38.5 Å². The van der Waals surface area contributed by atoms with Gasteiger partial charge in [-0.15, -0.1) is 0 Å². The molecule has 3 aromatic rings. The van der Waals surface area contributed by atoms with Crippen LogP contribution in [0.2, 0.25) is 0 Å². The third-order valence-corrected chi connectivity index (χ3v) is 3.27. The van der Waals surface area contributed by atoms with Crippen LogP contribution in [0.15, 0.2) is 18.2 Å². The Labute approximate surface area is 112 Å². The lowest BCUT2D eigenvalue weighted by atomic mass is 10.3. The smallest absolute Gasteiger partial charge is 0.184 e. The Hall–Kier alpha value is -2.02. The molecule has 4 nitrogen and oxygen atoms in total. The lowest BCUT2D eigenvalue weighted by Crippen LogP contribution is -2.03. The first kappa shape index (κ1) is 12.0. The van der Waals surface area contributed by atoms with Crippen molar-refractivity contribution in [2.75, 3.05) is 0 Å². The SMILES string of the molecule is Cc1nn(C)c2c1[nH]c(=S)n2-c1cc(F)ccc1F. The molecule has 0 amide bonds. The summed E-state index contributed by atoms with van der Waals surface area (Å²) in [5, 5.41) is 4.23. The maximum Gasteiger partial charge on any atom is 0.184 e. The summed E-state index contributed by atoms with van der Waals surface area (Å²) in [6, 6.07) is 3.26. The van der Waals surface area contributed by atoms with Gasteiger partial charge in [0.1, 0.15) is 17.2 Å². The molecule has 0 unspecified atom stereocenters. The minimum Gasteiger partial charge on any atom is -0.327 e. The number of aryl methyl sites for hydroxylation is 2. The molecule has 0 aliphatic rings. The van der Waals surface area contributed by atoms with Crippen LogP contribution in [0.4, 0.5) is 8.78 Å². The van der Waals surface area contributed by atoms with Crippen LogP contribution in [0, 0.1) is 23.3 Å². The van der Waals surface area contributed by atoms with Crippen molar-refractivity contribution in [1.29, 1.82) is 0 Å². The molecule has 0 bridgehead atoms. The van der Waals surface area contributed by atoms with Crippen LogP contribution < -0.4 is 0 Å². The molecule has 0 saturated heterocycles. The number of nitrogens with zero attached hydrogens (tertiary/aromatic N) is 3. The molecule has 0 radical (unpaired) electrons. The third kappa shape index (κ3) is 1.69. The van der Waals surface area contributed by atoms with Crippen molar-refractivity contribution in [3.63, 3.8) is 0 Å². The van der Waals surface area contributed by atoms with Gasteiger partial charge < -0.3 is 4.98 Å². The molecule has 0 saturated carbocycles. The van der Waals surface area contributed by atoms with Crippen LogP contribution in [0.1, 0.15) is 5.69 Å². The maximum atomic E-state index is 13.9. The van der Waals surface area contributed by atoms with E-state index >= 15 is 0 Å². The summed E-state index contributed by atoms with van der Waals surface area (Å²) in [4.78, 5) is 2.97. The van der Waals surface area contributed by atoms with E-state index in [9.17, 15) is 8.78 Å². The molecule has 7 heteroatoms. The van der Waals surface area contributed by atoms with E-state index in [0.717, 1.165) is 29.4 Å². The quantitative estimate of drug-likeness (QED) is 0.696. The van der Waals surface area contributed by atoms with Crippen LogP contribution in [-0.4, -0.2) is 19.3 Å². The molecular weight excluding hydrogens is 270 g/mol. The summed E-state index contributed by atoms with van der Waals surface area (Å²) in [7, 11) is 1.73. The van der Waals surface area contributed by atoms with E-state index in [4.69, 9.17) is 12.2 Å². The van der Waals surface area contributed by atoms with Gasteiger partial charge in [0, 0.05) is 13.1 Å². The minimum atomic E-state index is -0.544. The Kier molecular flexibility index (Phi) is 2.53. The number of rotatable bonds is 1. The number of fused-ring (bicyclic) bond motifs is 1. The zero-order valence-electron chi connectivity index (χ0n) is 10.2. The van der Waals surface area contributed by atoms with Crippen molar-refractivity contribution < 1.29 is 8.78 Å². The first-order chi connectivity index (χ1) is 8.99. The Morgan fingerprint density at radius 3 is 2.79 bits per heavy atom. The second-order valence-electron chi connectivity index (χ2n) is 4.27. The van der Waals surface area contributed by atoms with Gasteiger partial charge in [0.25, 0.3) is 0 Å². The number of benzene rings is 1. The van der Waals surface area contributed by atoms with Crippen LogP contribution in [0.3, 0.4) is 0 Å². The fourth-order valence-corrected chi connectivity index (χ4v) is 2.48. The number of nitrogens with one attached hydrogen (secondary N) is 1. The van der Waals surface area contributed by atoms with Crippen LogP contribution in [0.5, 0.6) is 0 Å². The average Bonchev–Trinajstić information content (AvgIpc) is 2.81. The number of aromatic nitrogens is 4. The largest absolute Gasteiger partial charge is 0.327 e. The van der Waals surface area contributed by atoms with Gasteiger partial charge >= 0.3 is 0 Å². The molecule has 1 aromatic carbocycles. The fourth-order valence-electron chi connectivity index (χ4n) is 2.19. The molecule has 1 N–H and O–H groups in total. The van der Waals surface area contributed by atoms with Crippen molar-refractivity contribution in [3.05, 3.63) is 40.3 Å². The lowest BCUT2D eigenvalue weighted by Gasteiger charge is -2.06. The van der Waals surface area contributed by atoms with Crippen LogP contribution >= 0.6 is 12.2 Å². The Bertz CT molecular complexity index is 843. The molecule has 0 atom stereocenters. The van der Waals surface area contributed by atoms with Crippen molar-refractivity contribution in [2.45, 2.75) is 6.92 Å². The third-order valence-electron chi connectivity index (χ3n) is 2.99. The van der Waals surface area contributed by atoms with E-state index in [1.807, 2.05) is 6.92 Å². The predicted molar refractivity (Wildman–Crippen MR) is 69.9 cm³/mol. The highest BCUT2D eigenvalue weighted by Crippen LogP contribution is 2.23. The van der Waals surface area contributed by atoms with Gasteiger partial charge in [-0.2, -0.15) is 5.10 Å². The first-order valence-electron chi connectivity index (χ1n) is 5.59. The van der Waals surface area contributed by atoms with E-state index in [1.165, 1.54) is 4.57 Å². The number of halogens is 2. The first-order valence-corrected chi connectivity index (χ1v) is 5.99. The van der Waals surface area contributed by atoms with Crippen LogP contribution in [-0.2, 0) is 7.05 Å². The predicted octanol–water partition coefficient (Wildman–Crippen LogP) is 3.01. The molecular formula is C12H10F2N4S. The summed E-state index contributed by atoms with van der Waals surface area (Å²) in [6.45, 7) is 1.82. The Morgan fingerprint density at radius 2 is 2.05 bits per heavy atom. The molecule has 0 spiro atoms. The van der Waals surface area contributed by atoms with Gasteiger partial charge in [0.15, 0.2) is 10.4 Å². The van der Waals surface area contributed by atoms with Gasteiger partial charge in [-0.3, -0.25) is 4.57 Å². The molecule has 98 valence electrons. The lowest BCUT2D eigenvalue weighted by molar-refractivity contribution is 0.591. The van der Waals surface area contributed by atoms with Crippen molar-refractivity contribution in [2.24, 2.45) is 7.05 Å². The van der Waals surface area contributed by atoms with Gasteiger partial charge in [-0.05, 0) is 31.3 Å². The van der Waals surface area contributed by atoms with Gasteiger partial charge in [-0.25, -0.2) is 13.5 Å². The monoisotopic (exact) mass is 280 g/mol. The fraction of sp³-hybridized carbons (Fsp3) is 0.167. The second-order valence-corrected chi connectivity index (χ2v) is 4.66. The number of hydrogen-bond acceptors (Lipinski definition) is 2. The number of aromatic amines is 1. The molecule has 0 aliphatic carbocycles. The maximum absolute atomic E-state index is 13.9. The van der Waals surface area contributed by atoms with Gasteiger partial charge in [0.05, 0.1) is 11.4 Å². The Balaban J connectivity index is 2.45. The van der Waals surface area contributed by atoms with E-state index in [2.05, 4.69) is 10.1 Å². The molecule has 2 aromatic heterocycles. The van der Waals surface area contributed by atoms with Crippen LogP contribution in [0.25, 0.3) is 16.9 Å². The summed E-state index contributed by atoms with van der Waals surface area (Å²) in [5.74, 6) is -1.07. The normalized spacial score (nSPS) is 11.4. The molecule has 2 heterocycles. The highest BCUT2D eigenvalue weighted by Gasteiger charge is 2.16. The Morgan fingerprint density at radius 1 is 1.32 bits per heavy atom.